The lowest BCUT2D eigenvalue weighted by atomic mass is 9.92. The zero-order valence-corrected chi connectivity index (χ0v) is 9.35. The van der Waals surface area contributed by atoms with Crippen molar-refractivity contribution in [1.29, 1.82) is 0 Å². The summed E-state index contributed by atoms with van der Waals surface area (Å²) >= 11 is 0. The number of esters is 1. The Morgan fingerprint density at radius 1 is 1.23 bits per heavy atom. The molecule has 0 saturated carbocycles. The Morgan fingerprint density at radius 3 is 2.31 bits per heavy atom. The number of hydrogen-bond acceptors (Lipinski definition) is 2. The molecular weight excluding hydrogens is 164 g/mol. The number of unbranched alkanes of at least 4 members (excludes halogenated alkanes) is 2. The second-order valence-corrected chi connectivity index (χ2v) is 4.67. The highest BCUT2D eigenvalue weighted by atomic mass is 16.5. The predicted octanol–water partition coefficient (Wildman–Crippen LogP) is 3.16. The molecule has 0 bridgehead atoms. The molecule has 0 radical (unpaired) electrons. The van der Waals surface area contributed by atoms with Crippen LogP contribution in [0.15, 0.2) is 0 Å². The van der Waals surface area contributed by atoms with Crippen molar-refractivity contribution in [1.82, 2.24) is 0 Å². The summed E-state index contributed by atoms with van der Waals surface area (Å²) in [5.74, 6) is -0.0661. The van der Waals surface area contributed by atoms with Gasteiger partial charge in [0, 0.05) is 0 Å². The lowest BCUT2D eigenvalue weighted by Crippen LogP contribution is -2.15. The van der Waals surface area contributed by atoms with Crippen LogP contribution < -0.4 is 0 Å². The topological polar surface area (TPSA) is 26.3 Å². The summed E-state index contributed by atoms with van der Waals surface area (Å²) in [6, 6.07) is 0. The Kier molecular flexibility index (Phi) is 5.76. The highest BCUT2D eigenvalue weighted by Crippen LogP contribution is 2.18. The molecule has 2 nitrogen and oxygen atoms in total. The molecule has 0 N–H and O–H groups in total. The standard InChI is InChI=1S/C11H22O2/c1-5-6-7-8-13-10(12)9-11(2,3)4/h5-9H2,1-4H3. The van der Waals surface area contributed by atoms with E-state index in [1.807, 2.05) is 20.8 Å². The average Bonchev–Trinajstić information content (AvgIpc) is 1.94. The van der Waals surface area contributed by atoms with Crippen LogP contribution in [0.3, 0.4) is 0 Å². The van der Waals surface area contributed by atoms with Gasteiger partial charge in [-0.25, -0.2) is 0 Å². The number of carbonyl (C=O) groups excluding carboxylic acids is 1. The summed E-state index contributed by atoms with van der Waals surface area (Å²) < 4.78 is 5.08. The molecule has 0 aromatic rings. The van der Waals surface area contributed by atoms with E-state index in [0.717, 1.165) is 19.3 Å². The smallest absolute Gasteiger partial charge is 0.306 e. The predicted molar refractivity (Wildman–Crippen MR) is 54.6 cm³/mol. The molecule has 0 aliphatic heterocycles. The molecular formula is C11H22O2. The summed E-state index contributed by atoms with van der Waals surface area (Å²) in [4.78, 5) is 11.2. The molecule has 0 aromatic carbocycles. The molecule has 2 heteroatoms. The summed E-state index contributed by atoms with van der Waals surface area (Å²) in [6.07, 6.45) is 3.81. The van der Waals surface area contributed by atoms with E-state index in [1.165, 1.54) is 0 Å². The maximum absolute atomic E-state index is 11.2. The minimum absolute atomic E-state index is 0.0435. The van der Waals surface area contributed by atoms with Gasteiger partial charge in [-0.05, 0) is 11.8 Å². The summed E-state index contributed by atoms with van der Waals surface area (Å²) in [5.41, 5.74) is 0.0435. The van der Waals surface area contributed by atoms with Gasteiger partial charge in [0.1, 0.15) is 0 Å². The van der Waals surface area contributed by atoms with Crippen molar-refractivity contribution in [3.63, 3.8) is 0 Å². The lowest BCUT2D eigenvalue weighted by Gasteiger charge is -2.16. The van der Waals surface area contributed by atoms with Crippen LogP contribution in [0.5, 0.6) is 0 Å². The first-order valence-electron chi connectivity index (χ1n) is 5.11. The van der Waals surface area contributed by atoms with Gasteiger partial charge in [0.15, 0.2) is 0 Å². The molecule has 0 aliphatic carbocycles. The highest BCUT2D eigenvalue weighted by Gasteiger charge is 2.16. The average molecular weight is 186 g/mol. The number of carbonyl (C=O) groups is 1. The Balaban J connectivity index is 3.41. The van der Waals surface area contributed by atoms with Gasteiger partial charge < -0.3 is 4.74 Å². The van der Waals surface area contributed by atoms with Crippen LogP contribution in [0.4, 0.5) is 0 Å². The fraction of sp³-hybridized carbons (Fsp3) is 0.909. The minimum Gasteiger partial charge on any atom is -0.466 e. The van der Waals surface area contributed by atoms with Gasteiger partial charge in [-0.15, -0.1) is 0 Å². The molecule has 0 saturated heterocycles. The van der Waals surface area contributed by atoms with E-state index >= 15 is 0 Å². The van der Waals surface area contributed by atoms with E-state index in [1.54, 1.807) is 0 Å². The van der Waals surface area contributed by atoms with Crippen LogP contribution in [0.2, 0.25) is 0 Å². The van der Waals surface area contributed by atoms with E-state index in [2.05, 4.69) is 6.92 Å². The van der Waals surface area contributed by atoms with Crippen molar-refractivity contribution in [3.05, 3.63) is 0 Å². The first-order chi connectivity index (χ1) is 5.95. The Bertz CT molecular complexity index is 145. The highest BCUT2D eigenvalue weighted by molar-refractivity contribution is 5.70. The van der Waals surface area contributed by atoms with Crippen molar-refractivity contribution in [2.75, 3.05) is 6.61 Å². The Hall–Kier alpha value is -0.530. The van der Waals surface area contributed by atoms with Gasteiger partial charge in [-0.3, -0.25) is 4.79 Å². The molecule has 0 heterocycles. The fourth-order valence-corrected chi connectivity index (χ4v) is 1.02. The molecule has 0 rings (SSSR count). The van der Waals surface area contributed by atoms with Crippen LogP contribution in [0.1, 0.15) is 53.4 Å². The third kappa shape index (κ3) is 9.38. The molecule has 0 atom stereocenters. The molecule has 0 spiro atoms. The monoisotopic (exact) mass is 186 g/mol. The molecule has 0 aliphatic rings. The number of rotatable bonds is 5. The molecule has 0 aromatic heterocycles. The zero-order valence-electron chi connectivity index (χ0n) is 9.35. The SMILES string of the molecule is CCCCCOC(=O)CC(C)(C)C. The quantitative estimate of drug-likeness (QED) is 0.487. The van der Waals surface area contributed by atoms with Gasteiger partial charge in [-0.2, -0.15) is 0 Å². The van der Waals surface area contributed by atoms with Crippen molar-refractivity contribution in [2.45, 2.75) is 53.4 Å². The van der Waals surface area contributed by atoms with Crippen molar-refractivity contribution < 1.29 is 9.53 Å². The van der Waals surface area contributed by atoms with Crippen molar-refractivity contribution in [2.24, 2.45) is 5.41 Å². The van der Waals surface area contributed by atoms with Crippen LogP contribution in [0.25, 0.3) is 0 Å². The second kappa shape index (κ2) is 6.01. The third-order valence-electron chi connectivity index (χ3n) is 1.69. The van der Waals surface area contributed by atoms with Gasteiger partial charge in [0.05, 0.1) is 13.0 Å². The molecule has 0 fully saturated rings. The van der Waals surface area contributed by atoms with Crippen LogP contribution in [-0.2, 0) is 9.53 Å². The van der Waals surface area contributed by atoms with E-state index in [0.29, 0.717) is 13.0 Å². The molecule has 0 unspecified atom stereocenters. The minimum atomic E-state index is -0.0661. The normalized spacial score (nSPS) is 11.4. The second-order valence-electron chi connectivity index (χ2n) is 4.67. The first kappa shape index (κ1) is 12.5. The van der Waals surface area contributed by atoms with Crippen LogP contribution in [0, 0.1) is 5.41 Å². The number of ether oxygens (including phenoxy) is 1. The summed E-state index contributed by atoms with van der Waals surface area (Å²) in [7, 11) is 0. The van der Waals surface area contributed by atoms with Crippen molar-refractivity contribution >= 4 is 5.97 Å². The van der Waals surface area contributed by atoms with Gasteiger partial charge in [-0.1, -0.05) is 40.5 Å². The first-order valence-corrected chi connectivity index (χ1v) is 5.11. The zero-order chi connectivity index (χ0) is 10.3. The maximum Gasteiger partial charge on any atom is 0.306 e. The fourth-order valence-electron chi connectivity index (χ4n) is 1.02. The summed E-state index contributed by atoms with van der Waals surface area (Å²) in [5, 5.41) is 0. The van der Waals surface area contributed by atoms with Gasteiger partial charge in [0.2, 0.25) is 0 Å². The summed E-state index contributed by atoms with van der Waals surface area (Å²) in [6.45, 7) is 8.85. The largest absolute Gasteiger partial charge is 0.466 e. The van der Waals surface area contributed by atoms with E-state index in [-0.39, 0.29) is 11.4 Å². The molecule has 13 heavy (non-hydrogen) atoms. The van der Waals surface area contributed by atoms with E-state index in [4.69, 9.17) is 4.74 Å². The third-order valence-corrected chi connectivity index (χ3v) is 1.69. The molecule has 0 amide bonds. The van der Waals surface area contributed by atoms with Crippen LogP contribution >= 0.6 is 0 Å². The Morgan fingerprint density at radius 2 is 1.85 bits per heavy atom. The number of hydrogen-bond donors (Lipinski definition) is 0. The van der Waals surface area contributed by atoms with Gasteiger partial charge in [0.25, 0.3) is 0 Å². The Labute approximate surface area is 81.7 Å². The lowest BCUT2D eigenvalue weighted by molar-refractivity contribution is -0.145. The molecule has 78 valence electrons. The van der Waals surface area contributed by atoms with Crippen LogP contribution in [-0.4, -0.2) is 12.6 Å². The maximum atomic E-state index is 11.2. The van der Waals surface area contributed by atoms with E-state index < -0.39 is 0 Å². The van der Waals surface area contributed by atoms with Crippen molar-refractivity contribution in [3.8, 4) is 0 Å². The van der Waals surface area contributed by atoms with E-state index in [9.17, 15) is 4.79 Å². The van der Waals surface area contributed by atoms with Gasteiger partial charge >= 0.3 is 5.97 Å².